The maximum atomic E-state index is 12.0. The Hall–Kier alpha value is -1.62. The first-order chi connectivity index (χ1) is 9.48. The third-order valence-electron chi connectivity index (χ3n) is 3.19. The number of carbonyl (C=O) groups is 1. The van der Waals surface area contributed by atoms with Gasteiger partial charge in [0.05, 0.1) is 37.0 Å². The zero-order valence-corrected chi connectivity index (χ0v) is 12.3. The van der Waals surface area contributed by atoms with Crippen molar-refractivity contribution in [2.45, 2.75) is 45.3 Å². The first-order valence-corrected chi connectivity index (χ1v) is 7.00. The Morgan fingerprint density at radius 3 is 3.00 bits per heavy atom. The summed E-state index contributed by atoms with van der Waals surface area (Å²) in [6.45, 7) is 7.11. The van der Waals surface area contributed by atoms with E-state index in [2.05, 4.69) is 10.3 Å². The molecule has 5 heteroatoms. The van der Waals surface area contributed by atoms with Crippen molar-refractivity contribution in [3.63, 3.8) is 0 Å². The smallest absolute Gasteiger partial charge is 0.226 e. The van der Waals surface area contributed by atoms with Gasteiger partial charge in [-0.25, -0.2) is 4.98 Å². The van der Waals surface area contributed by atoms with E-state index in [9.17, 15) is 4.79 Å². The van der Waals surface area contributed by atoms with E-state index >= 15 is 0 Å². The lowest BCUT2D eigenvalue weighted by atomic mass is 10.0. The summed E-state index contributed by atoms with van der Waals surface area (Å²) in [6, 6.07) is 5.56. The molecule has 1 unspecified atom stereocenters. The largest absolute Gasteiger partial charge is 0.478 e. The maximum Gasteiger partial charge on any atom is 0.226 e. The molecule has 0 bridgehead atoms. The van der Waals surface area contributed by atoms with Crippen LogP contribution in [0.15, 0.2) is 18.2 Å². The molecule has 1 aliphatic heterocycles. The van der Waals surface area contributed by atoms with Crippen molar-refractivity contribution in [3.8, 4) is 5.88 Å². The second kappa shape index (κ2) is 6.22. The number of pyridine rings is 1. The van der Waals surface area contributed by atoms with Gasteiger partial charge >= 0.3 is 0 Å². The second-order valence-electron chi connectivity index (χ2n) is 5.62. The molecule has 1 aromatic rings. The number of nitrogens with one attached hydrogen (secondary N) is 1. The first-order valence-electron chi connectivity index (χ1n) is 7.00. The Kier molecular flexibility index (Phi) is 4.60. The van der Waals surface area contributed by atoms with Gasteiger partial charge in [-0.2, -0.15) is 0 Å². The number of hydrogen-bond donors (Lipinski definition) is 1. The lowest BCUT2D eigenvalue weighted by Crippen LogP contribution is -2.36. The van der Waals surface area contributed by atoms with Crippen LogP contribution in [0.4, 0.5) is 0 Å². The van der Waals surface area contributed by atoms with Crippen molar-refractivity contribution >= 4 is 5.91 Å². The van der Waals surface area contributed by atoms with E-state index in [-0.39, 0.29) is 24.0 Å². The van der Waals surface area contributed by atoms with Crippen molar-refractivity contribution in [2.75, 3.05) is 13.2 Å². The topological polar surface area (TPSA) is 60.5 Å². The molecule has 0 saturated carbocycles. The summed E-state index contributed by atoms with van der Waals surface area (Å²) >= 11 is 0. The molecule has 0 spiro atoms. The zero-order chi connectivity index (χ0) is 14.6. The second-order valence-corrected chi connectivity index (χ2v) is 5.62. The molecule has 1 aromatic heterocycles. The van der Waals surface area contributed by atoms with Gasteiger partial charge in [-0.05, 0) is 33.3 Å². The Balaban J connectivity index is 1.87. The highest BCUT2D eigenvalue weighted by molar-refractivity contribution is 5.78. The van der Waals surface area contributed by atoms with Crippen LogP contribution in [0.2, 0.25) is 0 Å². The van der Waals surface area contributed by atoms with E-state index < -0.39 is 0 Å². The van der Waals surface area contributed by atoms with Crippen molar-refractivity contribution in [2.24, 2.45) is 0 Å². The van der Waals surface area contributed by atoms with Gasteiger partial charge in [0.2, 0.25) is 11.8 Å². The minimum absolute atomic E-state index is 0.0301. The molecule has 0 aromatic carbocycles. The van der Waals surface area contributed by atoms with Crippen LogP contribution < -0.4 is 10.1 Å². The fourth-order valence-electron chi connectivity index (χ4n) is 2.36. The average molecular weight is 278 g/mol. The van der Waals surface area contributed by atoms with E-state index in [1.54, 1.807) is 6.07 Å². The zero-order valence-electron chi connectivity index (χ0n) is 12.3. The molecule has 1 aliphatic rings. The van der Waals surface area contributed by atoms with Crippen LogP contribution in [0.5, 0.6) is 5.88 Å². The summed E-state index contributed by atoms with van der Waals surface area (Å²) in [7, 11) is 0. The Morgan fingerprint density at radius 2 is 2.35 bits per heavy atom. The number of aromatic nitrogens is 1. The highest BCUT2D eigenvalue weighted by atomic mass is 16.5. The SMILES string of the molecule is CCOc1cccc(CC(=O)NC2COC(C)(C)C2)n1. The highest BCUT2D eigenvalue weighted by Crippen LogP contribution is 2.24. The monoisotopic (exact) mass is 278 g/mol. The van der Waals surface area contributed by atoms with Gasteiger partial charge in [0.15, 0.2) is 0 Å². The van der Waals surface area contributed by atoms with Crippen LogP contribution in [0.3, 0.4) is 0 Å². The number of rotatable bonds is 5. The van der Waals surface area contributed by atoms with Gasteiger partial charge in [-0.3, -0.25) is 4.79 Å². The lowest BCUT2D eigenvalue weighted by molar-refractivity contribution is -0.121. The van der Waals surface area contributed by atoms with Crippen LogP contribution in [-0.4, -0.2) is 35.7 Å². The normalized spacial score (nSPS) is 20.6. The number of amides is 1. The van der Waals surface area contributed by atoms with E-state index in [4.69, 9.17) is 9.47 Å². The minimum Gasteiger partial charge on any atom is -0.478 e. The van der Waals surface area contributed by atoms with Crippen molar-refractivity contribution in [1.82, 2.24) is 10.3 Å². The van der Waals surface area contributed by atoms with E-state index in [1.165, 1.54) is 0 Å². The molecule has 2 rings (SSSR count). The molecule has 110 valence electrons. The Morgan fingerprint density at radius 1 is 1.55 bits per heavy atom. The Bertz CT molecular complexity index is 474. The van der Waals surface area contributed by atoms with E-state index in [0.29, 0.717) is 24.8 Å². The summed E-state index contributed by atoms with van der Waals surface area (Å²) in [5.41, 5.74) is 0.567. The van der Waals surface area contributed by atoms with Gasteiger partial charge in [0.25, 0.3) is 0 Å². The molecule has 20 heavy (non-hydrogen) atoms. The molecule has 1 saturated heterocycles. The van der Waals surface area contributed by atoms with Gasteiger partial charge in [0, 0.05) is 6.07 Å². The third kappa shape index (κ3) is 4.20. The minimum atomic E-state index is -0.148. The number of carbonyl (C=O) groups excluding carboxylic acids is 1. The summed E-state index contributed by atoms with van der Waals surface area (Å²) in [6.07, 6.45) is 1.10. The molecular formula is C15H22N2O3. The fraction of sp³-hybridized carbons (Fsp3) is 0.600. The lowest BCUT2D eigenvalue weighted by Gasteiger charge is -2.16. The van der Waals surface area contributed by atoms with Gasteiger partial charge in [0.1, 0.15) is 0 Å². The molecule has 1 fully saturated rings. The fourth-order valence-corrected chi connectivity index (χ4v) is 2.36. The number of ether oxygens (including phenoxy) is 2. The summed E-state index contributed by atoms with van der Waals surface area (Å²) in [5.74, 6) is 0.528. The predicted octanol–water partition coefficient (Wildman–Crippen LogP) is 1.71. The van der Waals surface area contributed by atoms with Crippen LogP contribution in [-0.2, 0) is 16.0 Å². The van der Waals surface area contributed by atoms with Crippen molar-refractivity contribution in [1.29, 1.82) is 0 Å². The molecule has 1 atom stereocenters. The summed E-state index contributed by atoms with van der Waals surface area (Å²) < 4.78 is 10.9. The third-order valence-corrected chi connectivity index (χ3v) is 3.19. The first kappa shape index (κ1) is 14.8. The molecule has 0 aliphatic carbocycles. The van der Waals surface area contributed by atoms with E-state index in [1.807, 2.05) is 32.9 Å². The molecule has 1 N–H and O–H groups in total. The van der Waals surface area contributed by atoms with Crippen molar-refractivity contribution < 1.29 is 14.3 Å². The molecule has 1 amide bonds. The standard InChI is InChI=1S/C15H22N2O3/c1-4-19-14-7-5-6-11(17-14)8-13(18)16-12-9-15(2,3)20-10-12/h5-7,12H,4,8-10H2,1-3H3,(H,16,18). The van der Waals surface area contributed by atoms with Crippen LogP contribution in [0, 0.1) is 0 Å². The Labute approximate surface area is 119 Å². The van der Waals surface area contributed by atoms with Crippen LogP contribution in [0.25, 0.3) is 0 Å². The molecule has 0 radical (unpaired) electrons. The predicted molar refractivity (Wildman–Crippen MR) is 75.7 cm³/mol. The molecule has 2 heterocycles. The average Bonchev–Trinajstić information content (AvgIpc) is 2.69. The van der Waals surface area contributed by atoms with Crippen molar-refractivity contribution in [3.05, 3.63) is 23.9 Å². The van der Waals surface area contributed by atoms with Gasteiger partial charge < -0.3 is 14.8 Å². The van der Waals surface area contributed by atoms with Gasteiger partial charge in [-0.15, -0.1) is 0 Å². The van der Waals surface area contributed by atoms with E-state index in [0.717, 1.165) is 6.42 Å². The summed E-state index contributed by atoms with van der Waals surface area (Å²) in [4.78, 5) is 16.3. The quantitative estimate of drug-likeness (QED) is 0.890. The number of nitrogens with zero attached hydrogens (tertiary/aromatic N) is 1. The van der Waals surface area contributed by atoms with Crippen LogP contribution in [0.1, 0.15) is 32.9 Å². The number of hydrogen-bond acceptors (Lipinski definition) is 4. The highest BCUT2D eigenvalue weighted by Gasteiger charge is 2.32. The van der Waals surface area contributed by atoms with Crippen LogP contribution >= 0.6 is 0 Å². The van der Waals surface area contributed by atoms with Gasteiger partial charge in [-0.1, -0.05) is 6.07 Å². The molecular weight excluding hydrogens is 256 g/mol. The summed E-state index contributed by atoms with van der Waals surface area (Å²) in [5, 5.41) is 2.99. The molecule has 5 nitrogen and oxygen atoms in total. The maximum absolute atomic E-state index is 12.0.